The first-order chi connectivity index (χ1) is 7.37. The van der Waals surface area contributed by atoms with Crippen LogP contribution in [0.25, 0.3) is 6.08 Å². The molecule has 6 nitrogen and oxygen atoms in total. The van der Waals surface area contributed by atoms with Gasteiger partial charge < -0.3 is 9.29 Å². The zero-order chi connectivity index (χ0) is 12.2. The summed E-state index contributed by atoms with van der Waals surface area (Å²) in [5, 5.41) is 8.36. The molecule has 0 fully saturated rings. The molecule has 0 saturated heterocycles. The maximum atomic E-state index is 10.3. The molecular formula is C9H8O6S. The topological polar surface area (TPSA) is 101 Å². The van der Waals surface area contributed by atoms with Crippen molar-refractivity contribution in [2.24, 2.45) is 0 Å². The first kappa shape index (κ1) is 12.2. The van der Waals surface area contributed by atoms with Gasteiger partial charge in [0, 0.05) is 6.08 Å². The standard InChI is InChI=1S/C9H8O6S/c10-9(11)6-3-7-1-4-8(5-2-7)15-16(12,13)14/h1-6H,(H,10,11)(H,12,13,14)/b6-3-. The van der Waals surface area contributed by atoms with Crippen molar-refractivity contribution in [1.82, 2.24) is 0 Å². The normalized spacial score (nSPS) is 11.6. The van der Waals surface area contributed by atoms with Crippen molar-refractivity contribution in [2.45, 2.75) is 0 Å². The molecule has 0 aliphatic carbocycles. The lowest BCUT2D eigenvalue weighted by Crippen LogP contribution is -2.06. The van der Waals surface area contributed by atoms with E-state index in [0.717, 1.165) is 6.08 Å². The summed E-state index contributed by atoms with van der Waals surface area (Å²) in [6.45, 7) is 0. The second-order valence-electron chi connectivity index (χ2n) is 2.75. The van der Waals surface area contributed by atoms with E-state index in [-0.39, 0.29) is 5.75 Å². The number of carbonyl (C=O) groups is 1. The molecule has 86 valence electrons. The van der Waals surface area contributed by atoms with Crippen molar-refractivity contribution in [2.75, 3.05) is 0 Å². The fourth-order valence-electron chi connectivity index (χ4n) is 0.924. The number of carboxylic acid groups (broad SMARTS) is 1. The van der Waals surface area contributed by atoms with Crippen LogP contribution in [0.2, 0.25) is 0 Å². The van der Waals surface area contributed by atoms with Crippen LogP contribution in [-0.2, 0) is 15.2 Å². The van der Waals surface area contributed by atoms with Crippen molar-refractivity contribution < 1.29 is 27.1 Å². The molecule has 1 rings (SSSR count). The summed E-state index contributed by atoms with van der Waals surface area (Å²) in [7, 11) is -4.53. The second-order valence-corrected chi connectivity index (χ2v) is 3.77. The lowest BCUT2D eigenvalue weighted by Gasteiger charge is -2.00. The number of hydrogen-bond acceptors (Lipinski definition) is 4. The summed E-state index contributed by atoms with van der Waals surface area (Å²) < 4.78 is 33.2. The lowest BCUT2D eigenvalue weighted by molar-refractivity contribution is -0.131. The van der Waals surface area contributed by atoms with Gasteiger partial charge in [0.15, 0.2) is 0 Å². The van der Waals surface area contributed by atoms with E-state index in [0.29, 0.717) is 5.56 Å². The van der Waals surface area contributed by atoms with Gasteiger partial charge in [0.1, 0.15) is 5.75 Å². The van der Waals surface area contributed by atoms with E-state index in [1.54, 1.807) is 0 Å². The molecule has 7 heteroatoms. The predicted molar refractivity (Wildman–Crippen MR) is 55.3 cm³/mol. The highest BCUT2D eigenvalue weighted by Gasteiger charge is 2.05. The largest absolute Gasteiger partial charge is 0.478 e. The average molecular weight is 244 g/mol. The maximum Gasteiger partial charge on any atom is 0.446 e. The highest BCUT2D eigenvalue weighted by molar-refractivity contribution is 7.81. The first-order valence-corrected chi connectivity index (χ1v) is 5.41. The number of aliphatic carboxylic acids is 1. The smallest absolute Gasteiger partial charge is 0.446 e. The molecule has 1 aromatic rings. The molecule has 0 bridgehead atoms. The van der Waals surface area contributed by atoms with Gasteiger partial charge in [-0.25, -0.2) is 4.79 Å². The Kier molecular flexibility index (Phi) is 3.64. The molecule has 1 aromatic carbocycles. The molecule has 0 amide bonds. The number of benzene rings is 1. The summed E-state index contributed by atoms with van der Waals surface area (Å²) in [5.41, 5.74) is 0.560. The Morgan fingerprint density at radius 2 is 1.81 bits per heavy atom. The zero-order valence-corrected chi connectivity index (χ0v) is 8.72. The van der Waals surface area contributed by atoms with Crippen LogP contribution in [0.1, 0.15) is 5.56 Å². The third kappa shape index (κ3) is 4.58. The molecule has 0 aromatic heterocycles. The van der Waals surface area contributed by atoms with Gasteiger partial charge in [0.25, 0.3) is 0 Å². The Morgan fingerprint density at radius 1 is 1.25 bits per heavy atom. The van der Waals surface area contributed by atoms with Crippen LogP contribution in [0.5, 0.6) is 5.75 Å². The lowest BCUT2D eigenvalue weighted by atomic mass is 10.2. The van der Waals surface area contributed by atoms with Crippen LogP contribution in [-0.4, -0.2) is 24.0 Å². The summed E-state index contributed by atoms with van der Waals surface area (Å²) in [5.74, 6) is -1.15. The Morgan fingerprint density at radius 3 is 2.25 bits per heavy atom. The predicted octanol–water partition coefficient (Wildman–Crippen LogP) is 0.966. The minimum Gasteiger partial charge on any atom is -0.478 e. The summed E-state index contributed by atoms with van der Waals surface area (Å²) in [6, 6.07) is 5.46. The molecule has 16 heavy (non-hydrogen) atoms. The summed E-state index contributed by atoms with van der Waals surface area (Å²) >= 11 is 0. The van der Waals surface area contributed by atoms with Crippen LogP contribution in [0.3, 0.4) is 0 Å². The molecule has 0 aliphatic heterocycles. The Labute approximate surface area is 91.7 Å². The van der Waals surface area contributed by atoms with Crippen molar-refractivity contribution >= 4 is 22.4 Å². The Bertz CT molecular complexity index is 499. The average Bonchev–Trinajstić information content (AvgIpc) is 2.14. The number of carboxylic acids is 1. The zero-order valence-electron chi connectivity index (χ0n) is 7.90. The van der Waals surface area contributed by atoms with Gasteiger partial charge in [-0.15, -0.1) is 0 Å². The quantitative estimate of drug-likeness (QED) is 0.604. The van der Waals surface area contributed by atoms with Crippen LogP contribution >= 0.6 is 0 Å². The minimum atomic E-state index is -4.53. The van der Waals surface area contributed by atoms with Crippen molar-refractivity contribution in [3.63, 3.8) is 0 Å². The summed E-state index contributed by atoms with van der Waals surface area (Å²) in [6.07, 6.45) is 2.28. The second kappa shape index (κ2) is 4.77. The molecule has 0 unspecified atom stereocenters. The van der Waals surface area contributed by atoms with E-state index >= 15 is 0 Å². The number of rotatable bonds is 4. The van der Waals surface area contributed by atoms with Crippen LogP contribution in [0.15, 0.2) is 30.3 Å². The van der Waals surface area contributed by atoms with E-state index in [1.165, 1.54) is 30.3 Å². The third-order valence-corrected chi connectivity index (χ3v) is 1.90. The van der Waals surface area contributed by atoms with Gasteiger partial charge in [0.2, 0.25) is 0 Å². The fraction of sp³-hybridized carbons (Fsp3) is 0. The highest BCUT2D eigenvalue weighted by atomic mass is 32.3. The molecule has 0 aliphatic rings. The van der Waals surface area contributed by atoms with Crippen LogP contribution in [0.4, 0.5) is 0 Å². The van der Waals surface area contributed by atoms with E-state index in [2.05, 4.69) is 4.18 Å². The van der Waals surface area contributed by atoms with Gasteiger partial charge >= 0.3 is 16.4 Å². The van der Waals surface area contributed by atoms with Gasteiger partial charge in [-0.05, 0) is 23.8 Å². The van der Waals surface area contributed by atoms with Gasteiger partial charge in [-0.2, -0.15) is 8.42 Å². The van der Waals surface area contributed by atoms with Gasteiger partial charge in [0.05, 0.1) is 0 Å². The monoisotopic (exact) mass is 244 g/mol. The van der Waals surface area contributed by atoms with E-state index < -0.39 is 16.4 Å². The maximum absolute atomic E-state index is 10.3. The first-order valence-electron chi connectivity index (χ1n) is 4.05. The SMILES string of the molecule is O=C(O)/C=C\c1ccc(OS(=O)(=O)O)cc1. The Hall–Kier alpha value is -1.86. The molecule has 0 saturated carbocycles. The third-order valence-electron chi connectivity index (χ3n) is 1.50. The van der Waals surface area contributed by atoms with E-state index in [1.807, 2.05) is 0 Å². The van der Waals surface area contributed by atoms with Crippen LogP contribution < -0.4 is 4.18 Å². The fourth-order valence-corrected chi connectivity index (χ4v) is 1.28. The van der Waals surface area contributed by atoms with Crippen molar-refractivity contribution in [1.29, 1.82) is 0 Å². The van der Waals surface area contributed by atoms with Gasteiger partial charge in [-0.1, -0.05) is 12.1 Å². The molecule has 0 radical (unpaired) electrons. The molecular weight excluding hydrogens is 236 g/mol. The molecule has 2 N–H and O–H groups in total. The van der Waals surface area contributed by atoms with Crippen LogP contribution in [0, 0.1) is 0 Å². The number of hydrogen-bond donors (Lipinski definition) is 2. The Balaban J connectivity index is 2.79. The summed E-state index contributed by atoms with van der Waals surface area (Å²) in [4.78, 5) is 10.2. The van der Waals surface area contributed by atoms with Gasteiger partial charge in [-0.3, -0.25) is 4.55 Å². The van der Waals surface area contributed by atoms with Crippen molar-refractivity contribution in [3.8, 4) is 5.75 Å². The molecule has 0 atom stereocenters. The van der Waals surface area contributed by atoms with E-state index in [4.69, 9.17) is 9.66 Å². The minimum absolute atomic E-state index is 0.0602. The highest BCUT2D eigenvalue weighted by Crippen LogP contribution is 2.14. The van der Waals surface area contributed by atoms with E-state index in [9.17, 15) is 13.2 Å². The van der Waals surface area contributed by atoms with Crippen molar-refractivity contribution in [3.05, 3.63) is 35.9 Å². The molecule has 0 spiro atoms. The molecule has 0 heterocycles.